The second-order valence-corrected chi connectivity index (χ2v) is 3.98. The zero-order valence-corrected chi connectivity index (χ0v) is 11.0. The average molecular weight is 233 g/mol. The van der Waals surface area contributed by atoms with Gasteiger partial charge in [-0.3, -0.25) is 4.55 Å². The summed E-state index contributed by atoms with van der Waals surface area (Å²) in [5, 5.41) is 8.65. The average Bonchev–Trinajstić information content (AvgIpc) is 1.93. The van der Waals surface area contributed by atoms with Crippen molar-refractivity contribution < 1.29 is 24.2 Å². The van der Waals surface area contributed by atoms with Gasteiger partial charge in [0.05, 0.1) is 5.75 Å². The quantitative estimate of drug-likeness (QED) is 0.296. The Hall–Kier alpha value is 0.230. The van der Waals surface area contributed by atoms with Crippen molar-refractivity contribution in [2.24, 2.45) is 0 Å². The van der Waals surface area contributed by atoms with E-state index in [0.29, 0.717) is 0 Å². The Balaban J connectivity index is -0.000000720. The minimum atomic E-state index is -3.91. The number of aliphatic hydroxyl groups excluding tert-OH is 1. The van der Waals surface area contributed by atoms with Crippen LogP contribution in [0, 0.1) is 12.0 Å². The third kappa shape index (κ3) is 14.7. The number of hydrogen-bond donors (Lipinski definition) is 2. The molecule has 1 radical (unpaired) electrons. The van der Waals surface area contributed by atoms with Crippen LogP contribution in [0.2, 0.25) is 0 Å². The van der Waals surface area contributed by atoms with Crippen molar-refractivity contribution in [3.63, 3.8) is 0 Å². The summed E-state index contributed by atoms with van der Waals surface area (Å²) in [4.78, 5) is 0. The zero-order chi connectivity index (χ0) is 10.3. The van der Waals surface area contributed by atoms with Gasteiger partial charge < -0.3 is 9.84 Å². The largest absolute Gasteiger partial charge is 0.447 e. The predicted molar refractivity (Wildman–Crippen MR) is 54.3 cm³/mol. The van der Waals surface area contributed by atoms with Crippen molar-refractivity contribution >= 4 is 39.7 Å². The third-order valence-electron chi connectivity index (χ3n) is 0.989. The number of ether oxygens (including phenoxy) is 1. The molecule has 0 fully saturated rings. The van der Waals surface area contributed by atoms with Crippen LogP contribution in [0.4, 0.5) is 0 Å². The molecule has 0 bridgehead atoms. The summed E-state index contributed by atoms with van der Waals surface area (Å²) in [6.45, 7) is 1.59. The van der Waals surface area contributed by atoms with Crippen molar-refractivity contribution in [2.75, 3.05) is 12.4 Å². The van der Waals surface area contributed by atoms with E-state index in [1.165, 1.54) is 6.92 Å². The van der Waals surface area contributed by atoms with Gasteiger partial charge in [-0.1, -0.05) is 0 Å². The molecule has 0 aliphatic carbocycles. The second-order valence-electron chi connectivity index (χ2n) is 2.41. The minimum absolute atomic E-state index is 0. The van der Waals surface area contributed by atoms with Gasteiger partial charge in [-0.15, -0.1) is 0 Å². The van der Waals surface area contributed by atoms with Crippen LogP contribution < -0.4 is 0 Å². The first-order valence-electron chi connectivity index (χ1n) is 3.67. The van der Waals surface area contributed by atoms with E-state index in [-0.39, 0.29) is 49.8 Å². The normalized spacial score (nSPS) is 11.9. The Morgan fingerprint density at radius 3 is 2.57 bits per heavy atom. The molecule has 5 nitrogen and oxygen atoms in total. The maximum absolute atomic E-state index is 10.2. The van der Waals surface area contributed by atoms with E-state index < -0.39 is 16.2 Å². The van der Waals surface area contributed by atoms with Crippen LogP contribution in [0.15, 0.2) is 0 Å². The molecule has 79 valence electrons. The molecule has 0 amide bonds. The van der Waals surface area contributed by atoms with Crippen LogP contribution in [0.1, 0.15) is 14.8 Å². The molecule has 0 heterocycles. The van der Waals surface area contributed by atoms with E-state index in [1.807, 2.05) is 0 Å². The standard InChI is InChI=1S/C7H12O5S.Na.H2/c1-7(8)3-5-12-4-2-6-13(9,10)11;;/h7-8H,2,4,6H2,1H3,(H,9,10,11);;1H. The first-order chi connectivity index (χ1) is 5.92. The number of aliphatic hydroxyl groups is 1. The van der Waals surface area contributed by atoms with Crippen LogP contribution in [0.5, 0.6) is 0 Å². The van der Waals surface area contributed by atoms with Crippen molar-refractivity contribution in [3.05, 3.63) is 0 Å². The molecular formula is C7H14NaO5S. The molecule has 7 heteroatoms. The summed E-state index contributed by atoms with van der Waals surface area (Å²) in [6, 6.07) is 0. The molecule has 0 spiro atoms. The Morgan fingerprint density at radius 1 is 1.57 bits per heavy atom. The maximum Gasteiger partial charge on any atom is 0.264 e. The smallest absolute Gasteiger partial charge is 0.264 e. The van der Waals surface area contributed by atoms with Crippen LogP contribution in [0.25, 0.3) is 0 Å². The number of hydrogen-bond acceptors (Lipinski definition) is 4. The monoisotopic (exact) mass is 233 g/mol. The fourth-order valence-corrected chi connectivity index (χ4v) is 0.974. The van der Waals surface area contributed by atoms with Crippen LogP contribution >= 0.6 is 0 Å². The van der Waals surface area contributed by atoms with Gasteiger partial charge in [-0.2, -0.15) is 8.42 Å². The summed E-state index contributed by atoms with van der Waals surface area (Å²) in [5.41, 5.74) is 0. The Morgan fingerprint density at radius 2 is 2.14 bits per heavy atom. The van der Waals surface area contributed by atoms with E-state index in [2.05, 4.69) is 16.8 Å². The molecule has 1 unspecified atom stereocenters. The first kappa shape index (κ1) is 16.7. The van der Waals surface area contributed by atoms with E-state index >= 15 is 0 Å². The summed E-state index contributed by atoms with van der Waals surface area (Å²) >= 11 is 0. The summed E-state index contributed by atoms with van der Waals surface area (Å²) in [7, 11) is -3.91. The van der Waals surface area contributed by atoms with Crippen LogP contribution in [-0.4, -0.2) is 66.1 Å². The van der Waals surface area contributed by atoms with Gasteiger partial charge in [-0.05, 0) is 19.3 Å². The van der Waals surface area contributed by atoms with Gasteiger partial charge in [0, 0.05) is 31.0 Å². The van der Waals surface area contributed by atoms with Gasteiger partial charge in [0.2, 0.25) is 0 Å². The zero-order valence-electron chi connectivity index (χ0n) is 8.23. The van der Waals surface area contributed by atoms with Crippen LogP contribution in [-0.2, 0) is 14.9 Å². The van der Waals surface area contributed by atoms with E-state index in [9.17, 15) is 8.42 Å². The molecule has 0 aromatic heterocycles. The Bertz CT molecular complexity index is 292. The molecule has 0 saturated carbocycles. The maximum atomic E-state index is 10.2. The molecule has 0 aliphatic rings. The van der Waals surface area contributed by atoms with Gasteiger partial charge in [0.1, 0.15) is 18.8 Å². The molecule has 0 aliphatic heterocycles. The van der Waals surface area contributed by atoms with Crippen molar-refractivity contribution in [3.8, 4) is 12.0 Å². The minimum Gasteiger partial charge on any atom is -0.447 e. The fraction of sp³-hybridized carbons (Fsp3) is 0.714. The van der Waals surface area contributed by atoms with Gasteiger partial charge in [0.25, 0.3) is 10.1 Å². The first-order valence-corrected chi connectivity index (χ1v) is 5.28. The third-order valence-corrected chi connectivity index (χ3v) is 1.79. The van der Waals surface area contributed by atoms with Gasteiger partial charge in [-0.25, -0.2) is 0 Å². The molecule has 0 aromatic rings. The molecular weight excluding hydrogens is 219 g/mol. The Kier molecular flexibility index (Phi) is 10.1. The molecule has 14 heavy (non-hydrogen) atoms. The van der Waals surface area contributed by atoms with Gasteiger partial charge in [0.15, 0.2) is 0 Å². The van der Waals surface area contributed by atoms with Crippen molar-refractivity contribution in [1.29, 1.82) is 0 Å². The summed E-state index contributed by atoms with van der Waals surface area (Å²) in [5.74, 6) is 1.97. The molecule has 0 aromatic carbocycles. The van der Waals surface area contributed by atoms with Crippen LogP contribution in [0.3, 0.4) is 0 Å². The van der Waals surface area contributed by atoms with Crippen molar-refractivity contribution in [1.82, 2.24) is 0 Å². The Labute approximate surface area is 107 Å². The molecule has 0 rings (SSSR count). The topological polar surface area (TPSA) is 83.8 Å². The summed E-state index contributed by atoms with van der Waals surface area (Å²) in [6.07, 6.45) is 1.61. The SMILES string of the molecule is CC(O)C#COCCCS(=O)(=O)O.[HH].[Na]. The summed E-state index contributed by atoms with van der Waals surface area (Å²) < 4.78 is 33.3. The molecule has 2 N–H and O–H groups in total. The van der Waals surface area contributed by atoms with E-state index in [1.54, 1.807) is 0 Å². The van der Waals surface area contributed by atoms with E-state index in [4.69, 9.17) is 9.66 Å². The van der Waals surface area contributed by atoms with Gasteiger partial charge >= 0.3 is 0 Å². The number of rotatable bonds is 4. The molecule has 1 atom stereocenters. The van der Waals surface area contributed by atoms with E-state index in [0.717, 1.165) is 0 Å². The van der Waals surface area contributed by atoms with Crippen molar-refractivity contribution in [2.45, 2.75) is 19.4 Å². The fourth-order valence-electron chi connectivity index (χ4n) is 0.491. The molecule has 0 saturated heterocycles. The second kappa shape index (κ2) is 8.53. The predicted octanol–water partition coefficient (Wildman–Crippen LogP) is -0.512.